The highest BCUT2D eigenvalue weighted by Crippen LogP contribution is 2.46. The van der Waals surface area contributed by atoms with Crippen LogP contribution in [-0.4, -0.2) is 18.4 Å². The predicted octanol–water partition coefficient (Wildman–Crippen LogP) is 2.07. The summed E-state index contributed by atoms with van der Waals surface area (Å²) in [5.41, 5.74) is 0.497. The lowest BCUT2D eigenvalue weighted by atomic mass is 9.95. The van der Waals surface area contributed by atoms with Gasteiger partial charge in [0.1, 0.15) is 0 Å². The highest BCUT2D eigenvalue weighted by atomic mass is 19.1. The summed E-state index contributed by atoms with van der Waals surface area (Å²) in [6, 6.07) is 1.11. The summed E-state index contributed by atoms with van der Waals surface area (Å²) in [5, 5.41) is 13.1. The van der Waals surface area contributed by atoms with E-state index in [0.29, 0.717) is 17.1 Å². The number of phenolic OH excluding ortho intramolecular Hbond substituents is 1. The molecule has 17 heavy (non-hydrogen) atoms. The van der Waals surface area contributed by atoms with E-state index in [2.05, 4.69) is 5.32 Å². The Bertz CT molecular complexity index is 444. The van der Waals surface area contributed by atoms with Crippen molar-refractivity contribution in [1.82, 2.24) is 5.32 Å². The van der Waals surface area contributed by atoms with Crippen molar-refractivity contribution < 1.29 is 19.0 Å². The van der Waals surface area contributed by atoms with Gasteiger partial charge in [0.25, 0.3) is 0 Å². The van der Waals surface area contributed by atoms with Crippen molar-refractivity contribution in [3.05, 3.63) is 17.4 Å². The number of nitrogens with one attached hydrogen (secondary N) is 1. The van der Waals surface area contributed by atoms with Crippen LogP contribution in [0, 0.1) is 5.82 Å². The van der Waals surface area contributed by atoms with Crippen molar-refractivity contribution in [1.29, 1.82) is 0 Å². The number of hydrogen-bond acceptors (Lipinski definition) is 4. The average molecular weight is 239 g/mol. The third-order valence-electron chi connectivity index (χ3n) is 3.28. The van der Waals surface area contributed by atoms with Crippen molar-refractivity contribution in [3.8, 4) is 17.2 Å². The molecule has 92 valence electrons. The van der Waals surface area contributed by atoms with E-state index in [1.165, 1.54) is 6.07 Å². The molecule has 0 spiro atoms. The van der Waals surface area contributed by atoms with Gasteiger partial charge in [-0.25, -0.2) is 4.39 Å². The maximum Gasteiger partial charge on any atom is 0.231 e. The topological polar surface area (TPSA) is 50.7 Å². The second-order valence-electron chi connectivity index (χ2n) is 4.36. The maximum atomic E-state index is 13.6. The summed E-state index contributed by atoms with van der Waals surface area (Å²) >= 11 is 0. The minimum absolute atomic E-state index is 0.0603. The van der Waals surface area contributed by atoms with E-state index in [-0.39, 0.29) is 18.6 Å². The first-order valence-electron chi connectivity index (χ1n) is 5.81. The molecule has 2 N–H and O–H groups in total. The molecule has 4 nitrogen and oxygen atoms in total. The molecule has 2 aliphatic rings. The first-order valence-corrected chi connectivity index (χ1v) is 5.81. The molecule has 1 aromatic carbocycles. The lowest BCUT2D eigenvalue weighted by Crippen LogP contribution is -2.27. The summed E-state index contributed by atoms with van der Waals surface area (Å²) in [6.07, 6.45) is 3.03. The fourth-order valence-corrected chi connectivity index (χ4v) is 2.45. The van der Waals surface area contributed by atoms with Gasteiger partial charge in [-0.05, 0) is 19.4 Å². The van der Waals surface area contributed by atoms with Crippen LogP contribution in [0.5, 0.6) is 17.2 Å². The second-order valence-corrected chi connectivity index (χ2v) is 4.36. The van der Waals surface area contributed by atoms with Crippen LogP contribution in [0.4, 0.5) is 4.39 Å². The number of halogens is 1. The number of aromatic hydroxyl groups is 1. The summed E-state index contributed by atoms with van der Waals surface area (Å²) in [5.74, 6) is -0.128. The van der Waals surface area contributed by atoms with Crippen molar-refractivity contribution in [2.24, 2.45) is 0 Å². The first-order chi connectivity index (χ1) is 8.27. The van der Waals surface area contributed by atoms with Gasteiger partial charge in [0.2, 0.25) is 6.79 Å². The molecule has 2 aliphatic heterocycles. The van der Waals surface area contributed by atoms with Gasteiger partial charge < -0.3 is 19.9 Å². The molecule has 2 heterocycles. The molecule has 5 heteroatoms. The Balaban J connectivity index is 2.07. The largest absolute Gasteiger partial charge is 0.504 e. The van der Waals surface area contributed by atoms with Gasteiger partial charge in [-0.2, -0.15) is 0 Å². The summed E-state index contributed by atoms with van der Waals surface area (Å²) in [4.78, 5) is 0. The highest BCUT2D eigenvalue weighted by Gasteiger charge is 2.30. The zero-order chi connectivity index (χ0) is 11.8. The smallest absolute Gasteiger partial charge is 0.231 e. The van der Waals surface area contributed by atoms with Crippen LogP contribution in [0.15, 0.2) is 6.07 Å². The highest BCUT2D eigenvalue weighted by molar-refractivity contribution is 5.56. The lowest BCUT2D eigenvalue weighted by Gasteiger charge is -2.25. The van der Waals surface area contributed by atoms with Crippen molar-refractivity contribution in [3.63, 3.8) is 0 Å². The fraction of sp³-hybridized carbons (Fsp3) is 0.500. The quantitative estimate of drug-likeness (QED) is 0.787. The van der Waals surface area contributed by atoms with Crippen LogP contribution in [-0.2, 0) is 0 Å². The van der Waals surface area contributed by atoms with Gasteiger partial charge >= 0.3 is 0 Å². The molecule has 0 amide bonds. The second kappa shape index (κ2) is 4.07. The molecule has 0 bridgehead atoms. The Morgan fingerprint density at radius 1 is 1.35 bits per heavy atom. The normalized spacial score (nSPS) is 22.8. The molecule has 0 radical (unpaired) electrons. The molecular weight excluding hydrogens is 225 g/mol. The van der Waals surface area contributed by atoms with Crippen LogP contribution < -0.4 is 14.8 Å². The molecule has 1 unspecified atom stereocenters. The van der Waals surface area contributed by atoms with Crippen molar-refractivity contribution >= 4 is 0 Å². The fourth-order valence-electron chi connectivity index (χ4n) is 2.45. The molecular formula is C12H14FNO3. The minimum atomic E-state index is -0.656. The van der Waals surface area contributed by atoms with Crippen molar-refractivity contribution in [2.45, 2.75) is 25.3 Å². The van der Waals surface area contributed by atoms with E-state index in [9.17, 15) is 9.50 Å². The lowest BCUT2D eigenvalue weighted by molar-refractivity contribution is 0.172. The Morgan fingerprint density at radius 3 is 3.00 bits per heavy atom. The summed E-state index contributed by atoms with van der Waals surface area (Å²) in [7, 11) is 0. The molecule has 1 atom stereocenters. The third-order valence-corrected chi connectivity index (χ3v) is 3.28. The number of rotatable bonds is 1. The number of benzene rings is 1. The van der Waals surface area contributed by atoms with Crippen LogP contribution in [0.1, 0.15) is 30.9 Å². The molecule has 1 fully saturated rings. The van der Waals surface area contributed by atoms with Crippen LogP contribution in [0.3, 0.4) is 0 Å². The zero-order valence-corrected chi connectivity index (χ0v) is 9.33. The number of piperidine rings is 1. The van der Waals surface area contributed by atoms with Gasteiger partial charge in [0, 0.05) is 12.1 Å². The van der Waals surface area contributed by atoms with Gasteiger partial charge in [-0.15, -0.1) is 0 Å². The van der Waals surface area contributed by atoms with Gasteiger partial charge in [-0.1, -0.05) is 6.42 Å². The molecule has 3 rings (SSSR count). The molecule has 1 saturated heterocycles. The summed E-state index contributed by atoms with van der Waals surface area (Å²) in [6.45, 7) is 0.953. The third kappa shape index (κ3) is 1.70. The molecule has 0 aromatic heterocycles. The van der Waals surface area contributed by atoms with E-state index in [1.54, 1.807) is 0 Å². The van der Waals surface area contributed by atoms with Gasteiger partial charge in [0.15, 0.2) is 23.1 Å². The maximum absolute atomic E-state index is 13.6. The van der Waals surface area contributed by atoms with E-state index >= 15 is 0 Å². The summed E-state index contributed by atoms with van der Waals surface area (Å²) < 4.78 is 24.1. The van der Waals surface area contributed by atoms with Crippen LogP contribution in [0.25, 0.3) is 0 Å². The SMILES string of the molecule is Oc1c(F)cc2c(c1C1CCCCN1)OCO2. The average Bonchev–Trinajstić information content (AvgIpc) is 2.79. The van der Waals surface area contributed by atoms with Crippen molar-refractivity contribution in [2.75, 3.05) is 13.3 Å². The molecule has 1 aromatic rings. The van der Waals surface area contributed by atoms with Crippen LogP contribution >= 0.6 is 0 Å². The minimum Gasteiger partial charge on any atom is -0.504 e. The Kier molecular flexibility index (Phi) is 2.55. The molecule has 0 saturated carbocycles. The van der Waals surface area contributed by atoms with E-state index in [1.807, 2.05) is 0 Å². The zero-order valence-electron chi connectivity index (χ0n) is 9.33. The Labute approximate surface area is 98.3 Å². The number of ether oxygens (including phenoxy) is 2. The Morgan fingerprint density at radius 2 is 2.24 bits per heavy atom. The number of hydrogen-bond donors (Lipinski definition) is 2. The Hall–Kier alpha value is -1.49. The first kappa shape index (κ1) is 10.7. The van der Waals surface area contributed by atoms with E-state index in [0.717, 1.165) is 25.8 Å². The standard InChI is InChI=1S/C12H14FNO3/c13-7-5-9-12(17-6-16-9)10(11(7)15)8-3-1-2-4-14-8/h5,8,14-15H,1-4,6H2. The molecule has 0 aliphatic carbocycles. The number of fused-ring (bicyclic) bond motifs is 1. The van der Waals surface area contributed by atoms with Crippen LogP contribution in [0.2, 0.25) is 0 Å². The predicted molar refractivity (Wildman–Crippen MR) is 58.8 cm³/mol. The monoisotopic (exact) mass is 239 g/mol. The van der Waals surface area contributed by atoms with E-state index < -0.39 is 5.82 Å². The number of phenols is 1. The van der Waals surface area contributed by atoms with Gasteiger partial charge in [0.05, 0.1) is 5.56 Å². The van der Waals surface area contributed by atoms with Gasteiger partial charge in [-0.3, -0.25) is 0 Å². The van der Waals surface area contributed by atoms with E-state index in [4.69, 9.17) is 9.47 Å².